The molecular weight excluding hydrogens is 343 g/mol. The minimum atomic E-state index is 0. The molecule has 1 aromatic carbocycles. The maximum atomic E-state index is 5.22. The molecule has 0 bridgehead atoms. The van der Waals surface area contributed by atoms with E-state index in [4.69, 9.17) is 6.58 Å². The first-order valence-corrected chi connectivity index (χ1v) is 5.97. The topological polar surface area (TPSA) is 0 Å². The van der Waals surface area contributed by atoms with Crippen LogP contribution in [0, 0.1) is 18.7 Å². The second kappa shape index (κ2) is 16.1. The van der Waals surface area contributed by atoms with Gasteiger partial charge in [0.1, 0.15) is 0 Å². The molecule has 3 rings (SSSR count). The Hall–Kier alpha value is -0.907. The van der Waals surface area contributed by atoms with Crippen molar-refractivity contribution in [2.75, 3.05) is 0 Å². The van der Waals surface area contributed by atoms with E-state index in [9.17, 15) is 0 Å². The van der Waals surface area contributed by atoms with Gasteiger partial charge in [0.2, 0.25) is 0 Å². The molecule has 0 heterocycles. The number of hydrogen-bond acceptors (Lipinski definition) is 0. The second-order valence-corrected chi connectivity index (χ2v) is 3.58. The Labute approximate surface area is 148 Å². The van der Waals surface area contributed by atoms with Gasteiger partial charge in [-0.1, -0.05) is 18.2 Å². The quantitative estimate of drug-likeness (QED) is 0.670. The van der Waals surface area contributed by atoms with Crippen LogP contribution in [-0.2, 0) is 26.2 Å². The summed E-state index contributed by atoms with van der Waals surface area (Å²) in [6.07, 6.45) is 21.6. The van der Waals surface area contributed by atoms with Crippen molar-refractivity contribution in [2.24, 2.45) is 0 Å². The van der Waals surface area contributed by atoms with E-state index >= 15 is 0 Å². The van der Waals surface area contributed by atoms with Crippen molar-refractivity contribution in [2.45, 2.75) is 12.8 Å². The first-order chi connectivity index (χ1) is 8.93. The third-order valence-corrected chi connectivity index (χ3v) is 2.16. The fourth-order valence-corrected chi connectivity index (χ4v) is 1.24. The van der Waals surface area contributed by atoms with Crippen LogP contribution in [0.15, 0.2) is 66.8 Å². The Morgan fingerprint density at radius 2 is 1.40 bits per heavy atom. The fraction of sp³-hybridized carbons (Fsp3) is 0.111. The average molecular weight is 360 g/mol. The van der Waals surface area contributed by atoms with Gasteiger partial charge in [-0.3, -0.25) is 18.7 Å². The standard InChI is InChI=1S/C8H7.2C5H5.ClH.Zr/c1-2-8-6-4-3-5-7-8;2*1-2-4-5-3-1;;/h1-7H;2*1-3H,4H2;1H;/q3*-1;;+4/p-1. The summed E-state index contributed by atoms with van der Waals surface area (Å²) in [5.74, 6) is 0. The molecule has 0 radical (unpaired) electrons. The number of halogens is 1. The summed E-state index contributed by atoms with van der Waals surface area (Å²) in [6, 6.07) is 9.80. The molecule has 0 aliphatic heterocycles. The van der Waals surface area contributed by atoms with E-state index < -0.39 is 0 Å². The van der Waals surface area contributed by atoms with Crippen LogP contribution in [0.2, 0.25) is 0 Å². The normalized spacial score (nSPS) is 12.2. The molecule has 0 spiro atoms. The molecule has 0 atom stereocenters. The zero-order valence-corrected chi connectivity index (χ0v) is 14.5. The van der Waals surface area contributed by atoms with Crippen molar-refractivity contribution in [1.82, 2.24) is 0 Å². The van der Waals surface area contributed by atoms with Crippen LogP contribution in [0.4, 0.5) is 0 Å². The van der Waals surface area contributed by atoms with Gasteiger partial charge in [0.15, 0.2) is 0 Å². The summed E-state index contributed by atoms with van der Waals surface area (Å²) in [5.41, 5.74) is 1.06. The molecule has 2 aliphatic rings. The van der Waals surface area contributed by atoms with Gasteiger partial charge < -0.3 is 12.4 Å². The molecule has 0 unspecified atom stereocenters. The van der Waals surface area contributed by atoms with Gasteiger partial charge in [0, 0.05) is 0 Å². The Balaban J connectivity index is 0. The molecule has 0 saturated carbocycles. The molecule has 100 valence electrons. The second-order valence-electron chi connectivity index (χ2n) is 3.58. The van der Waals surface area contributed by atoms with Gasteiger partial charge in [-0.05, 0) is 0 Å². The van der Waals surface area contributed by atoms with Gasteiger partial charge in [0.25, 0.3) is 0 Å². The van der Waals surface area contributed by atoms with E-state index in [1.54, 1.807) is 6.08 Å². The summed E-state index contributed by atoms with van der Waals surface area (Å²) in [4.78, 5) is 0. The largest absolute Gasteiger partial charge is 4.00 e. The van der Waals surface area contributed by atoms with Crippen LogP contribution in [0.1, 0.15) is 18.4 Å². The number of hydrogen-bond donors (Lipinski definition) is 0. The van der Waals surface area contributed by atoms with Crippen molar-refractivity contribution in [3.8, 4) is 0 Å². The van der Waals surface area contributed by atoms with E-state index in [-0.39, 0.29) is 38.6 Å². The molecule has 1 aromatic rings. The summed E-state index contributed by atoms with van der Waals surface area (Å²) >= 11 is 0. The molecule has 0 aromatic heterocycles. The Bertz CT molecular complexity index is 400. The molecule has 0 nitrogen and oxygen atoms in total. The molecule has 2 aliphatic carbocycles. The summed E-state index contributed by atoms with van der Waals surface area (Å²) < 4.78 is 0. The molecule has 0 fully saturated rings. The monoisotopic (exact) mass is 358 g/mol. The molecular formula is C18H17ClZr. The van der Waals surface area contributed by atoms with Gasteiger partial charge in [-0.2, -0.15) is 17.7 Å². The van der Waals surface area contributed by atoms with Crippen LogP contribution < -0.4 is 12.4 Å². The van der Waals surface area contributed by atoms with Gasteiger partial charge in [0.05, 0.1) is 0 Å². The number of allylic oxidation sites excluding steroid dienone is 8. The van der Waals surface area contributed by atoms with E-state index in [0.717, 1.165) is 18.4 Å². The summed E-state index contributed by atoms with van der Waals surface area (Å²) in [5, 5.41) is 0. The number of rotatable bonds is 1. The Kier molecular flexibility index (Phi) is 17.3. The molecule has 0 amide bonds. The molecule has 20 heavy (non-hydrogen) atoms. The SMILES string of the molecule is [C-]1=CC=CC1.[C-]1=CC=CC1.[CH-]=Cc1ccccc1.[Cl-].[Zr+4]. The minimum Gasteiger partial charge on any atom is -1.00 e. The van der Waals surface area contributed by atoms with E-state index in [2.05, 4.69) is 24.3 Å². The summed E-state index contributed by atoms with van der Waals surface area (Å²) in [7, 11) is 0. The first kappa shape index (κ1) is 21.4. The maximum Gasteiger partial charge on any atom is 4.00 e. The van der Waals surface area contributed by atoms with Crippen LogP contribution in [-0.4, -0.2) is 0 Å². The van der Waals surface area contributed by atoms with E-state index in [1.807, 2.05) is 54.6 Å². The average Bonchev–Trinajstić information content (AvgIpc) is 3.17. The summed E-state index contributed by atoms with van der Waals surface area (Å²) in [6.45, 7) is 5.22. The third-order valence-electron chi connectivity index (χ3n) is 2.16. The van der Waals surface area contributed by atoms with Crippen LogP contribution in [0.25, 0.3) is 6.08 Å². The van der Waals surface area contributed by atoms with Crippen molar-refractivity contribution in [3.05, 3.63) is 91.1 Å². The van der Waals surface area contributed by atoms with Gasteiger partial charge >= 0.3 is 26.2 Å². The van der Waals surface area contributed by atoms with Crippen LogP contribution >= 0.6 is 0 Å². The van der Waals surface area contributed by atoms with Crippen LogP contribution in [0.5, 0.6) is 0 Å². The van der Waals surface area contributed by atoms with Crippen molar-refractivity contribution in [3.63, 3.8) is 0 Å². The number of benzene rings is 1. The van der Waals surface area contributed by atoms with E-state index in [0.29, 0.717) is 0 Å². The van der Waals surface area contributed by atoms with Crippen molar-refractivity contribution in [1.29, 1.82) is 0 Å². The predicted octanol–water partition coefficient (Wildman–Crippen LogP) is 1.75. The molecule has 2 heteroatoms. The van der Waals surface area contributed by atoms with Crippen LogP contribution in [0.3, 0.4) is 0 Å². The van der Waals surface area contributed by atoms with Crippen molar-refractivity contribution < 1.29 is 38.6 Å². The first-order valence-electron chi connectivity index (χ1n) is 5.97. The zero-order chi connectivity index (χ0) is 12.9. The maximum absolute atomic E-state index is 5.22. The minimum absolute atomic E-state index is 0. The third kappa shape index (κ3) is 12.1. The smallest absolute Gasteiger partial charge is 1.00 e. The van der Waals surface area contributed by atoms with Gasteiger partial charge in [-0.15, -0.1) is 25.0 Å². The van der Waals surface area contributed by atoms with E-state index in [1.165, 1.54) is 0 Å². The fourth-order valence-electron chi connectivity index (χ4n) is 1.24. The van der Waals surface area contributed by atoms with Crippen molar-refractivity contribution >= 4 is 6.08 Å². The zero-order valence-electron chi connectivity index (χ0n) is 11.3. The Morgan fingerprint density at radius 1 is 0.900 bits per heavy atom. The molecule has 0 saturated heterocycles. The van der Waals surface area contributed by atoms with Gasteiger partial charge in [-0.25, -0.2) is 30.4 Å². The molecule has 0 N–H and O–H groups in total. The predicted molar refractivity (Wildman–Crippen MR) is 78.3 cm³/mol. The Morgan fingerprint density at radius 3 is 1.60 bits per heavy atom.